The maximum absolute atomic E-state index is 6.06. The number of benzene rings is 1. The topological polar surface area (TPSA) is 43.8 Å². The Balaban J connectivity index is 2.18. The average Bonchev–Trinajstić information content (AvgIpc) is 2.79. The molecule has 0 fully saturated rings. The Hall–Kier alpha value is -1.77. The van der Waals surface area contributed by atoms with E-state index < -0.39 is 0 Å². The van der Waals surface area contributed by atoms with Crippen LogP contribution in [0.4, 0.5) is 5.69 Å². The first-order valence-corrected chi connectivity index (χ1v) is 7.16. The van der Waals surface area contributed by atoms with Crippen LogP contribution in [0.15, 0.2) is 30.5 Å². The fraction of sp³-hybridized carbons (Fsp3) is 0.438. The van der Waals surface area contributed by atoms with E-state index in [9.17, 15) is 0 Å². The van der Waals surface area contributed by atoms with E-state index in [1.807, 2.05) is 10.9 Å². The highest BCUT2D eigenvalue weighted by Crippen LogP contribution is 2.24. The summed E-state index contributed by atoms with van der Waals surface area (Å²) < 4.78 is 1.95. The van der Waals surface area contributed by atoms with Crippen molar-refractivity contribution in [2.45, 2.75) is 46.1 Å². The number of aromatic nitrogens is 2. The van der Waals surface area contributed by atoms with Gasteiger partial charge in [-0.1, -0.05) is 51.0 Å². The molecule has 0 spiro atoms. The summed E-state index contributed by atoms with van der Waals surface area (Å²) in [5.41, 5.74) is 10.2. The molecule has 3 nitrogen and oxygen atoms in total. The van der Waals surface area contributed by atoms with Gasteiger partial charge in [0.1, 0.15) is 5.69 Å². The van der Waals surface area contributed by atoms with Crippen LogP contribution in [-0.4, -0.2) is 9.78 Å². The second-order valence-electron chi connectivity index (χ2n) is 5.00. The first kappa shape index (κ1) is 13.7. The SMILES string of the molecule is CCCCn1cc(N)c(-c2ccc(CCC)cc2)n1. The van der Waals surface area contributed by atoms with Gasteiger partial charge in [-0.15, -0.1) is 0 Å². The first-order chi connectivity index (χ1) is 9.24. The Morgan fingerprint density at radius 3 is 2.47 bits per heavy atom. The van der Waals surface area contributed by atoms with E-state index in [1.54, 1.807) is 0 Å². The summed E-state index contributed by atoms with van der Waals surface area (Å²) in [5, 5.41) is 4.58. The summed E-state index contributed by atoms with van der Waals surface area (Å²) in [6.45, 7) is 5.32. The van der Waals surface area contributed by atoms with E-state index >= 15 is 0 Å². The van der Waals surface area contributed by atoms with Gasteiger partial charge in [-0.2, -0.15) is 5.10 Å². The lowest BCUT2D eigenvalue weighted by Crippen LogP contribution is -1.98. The fourth-order valence-corrected chi connectivity index (χ4v) is 2.21. The zero-order chi connectivity index (χ0) is 13.7. The van der Waals surface area contributed by atoms with Crippen molar-refractivity contribution < 1.29 is 0 Å². The molecule has 1 heterocycles. The summed E-state index contributed by atoms with van der Waals surface area (Å²) >= 11 is 0. The van der Waals surface area contributed by atoms with Gasteiger partial charge < -0.3 is 5.73 Å². The first-order valence-electron chi connectivity index (χ1n) is 7.16. The predicted molar refractivity (Wildman–Crippen MR) is 81.0 cm³/mol. The van der Waals surface area contributed by atoms with E-state index in [0.29, 0.717) is 0 Å². The zero-order valence-electron chi connectivity index (χ0n) is 11.9. The van der Waals surface area contributed by atoms with Crippen molar-refractivity contribution in [1.29, 1.82) is 0 Å². The Kier molecular flexibility index (Phi) is 4.61. The van der Waals surface area contributed by atoms with Gasteiger partial charge in [0, 0.05) is 18.3 Å². The number of hydrogen-bond acceptors (Lipinski definition) is 2. The molecule has 0 atom stereocenters. The maximum atomic E-state index is 6.06. The van der Waals surface area contributed by atoms with Crippen LogP contribution in [-0.2, 0) is 13.0 Å². The van der Waals surface area contributed by atoms with Crippen LogP contribution in [0, 0.1) is 0 Å². The van der Waals surface area contributed by atoms with Crippen LogP contribution in [0.5, 0.6) is 0 Å². The summed E-state index contributed by atoms with van der Waals surface area (Å²) in [7, 11) is 0. The summed E-state index contributed by atoms with van der Waals surface area (Å²) in [6, 6.07) is 8.58. The monoisotopic (exact) mass is 257 g/mol. The van der Waals surface area contributed by atoms with Gasteiger partial charge >= 0.3 is 0 Å². The van der Waals surface area contributed by atoms with Gasteiger partial charge in [0.05, 0.1) is 5.69 Å². The molecule has 0 aliphatic rings. The zero-order valence-corrected chi connectivity index (χ0v) is 11.9. The average molecular weight is 257 g/mol. The third-order valence-corrected chi connectivity index (χ3v) is 3.30. The molecule has 102 valence electrons. The molecule has 2 rings (SSSR count). The van der Waals surface area contributed by atoms with Gasteiger partial charge in [0.15, 0.2) is 0 Å². The van der Waals surface area contributed by atoms with Crippen molar-refractivity contribution in [3.8, 4) is 11.3 Å². The molecule has 1 aromatic carbocycles. The van der Waals surface area contributed by atoms with Crippen molar-refractivity contribution in [3.63, 3.8) is 0 Å². The van der Waals surface area contributed by atoms with E-state index in [2.05, 4.69) is 43.2 Å². The van der Waals surface area contributed by atoms with E-state index in [1.165, 1.54) is 18.4 Å². The summed E-state index contributed by atoms with van der Waals surface area (Å²) in [4.78, 5) is 0. The summed E-state index contributed by atoms with van der Waals surface area (Å²) in [6.07, 6.45) is 6.54. The molecular formula is C16H23N3. The molecule has 2 aromatic rings. The highest BCUT2D eigenvalue weighted by Gasteiger charge is 2.08. The predicted octanol–water partition coefficient (Wildman–Crippen LogP) is 3.88. The Morgan fingerprint density at radius 1 is 1.11 bits per heavy atom. The van der Waals surface area contributed by atoms with Crippen molar-refractivity contribution in [1.82, 2.24) is 9.78 Å². The lowest BCUT2D eigenvalue weighted by Gasteiger charge is -2.02. The largest absolute Gasteiger partial charge is 0.396 e. The molecule has 19 heavy (non-hydrogen) atoms. The van der Waals surface area contributed by atoms with Crippen LogP contribution in [0.1, 0.15) is 38.7 Å². The number of nitrogens with two attached hydrogens (primary N) is 1. The smallest absolute Gasteiger partial charge is 0.115 e. The van der Waals surface area contributed by atoms with Gasteiger partial charge in [0.25, 0.3) is 0 Å². The number of rotatable bonds is 6. The van der Waals surface area contributed by atoms with Crippen LogP contribution in [0.3, 0.4) is 0 Å². The molecule has 0 saturated heterocycles. The van der Waals surface area contributed by atoms with Crippen molar-refractivity contribution in [2.75, 3.05) is 5.73 Å². The second kappa shape index (κ2) is 6.41. The minimum absolute atomic E-state index is 0.763. The minimum atomic E-state index is 0.763. The van der Waals surface area contributed by atoms with Crippen LogP contribution in [0.25, 0.3) is 11.3 Å². The van der Waals surface area contributed by atoms with Crippen molar-refractivity contribution in [2.24, 2.45) is 0 Å². The molecular weight excluding hydrogens is 234 g/mol. The van der Waals surface area contributed by atoms with Gasteiger partial charge in [-0.05, 0) is 18.4 Å². The molecule has 3 heteroatoms. The molecule has 0 aliphatic heterocycles. The number of nitrogen functional groups attached to an aromatic ring is 1. The Labute approximate surface area is 115 Å². The number of nitrogens with zero attached hydrogens (tertiary/aromatic N) is 2. The van der Waals surface area contributed by atoms with E-state index in [-0.39, 0.29) is 0 Å². The van der Waals surface area contributed by atoms with Crippen LogP contribution >= 0.6 is 0 Å². The third-order valence-electron chi connectivity index (χ3n) is 3.30. The molecule has 0 saturated carbocycles. The fourth-order valence-electron chi connectivity index (χ4n) is 2.21. The van der Waals surface area contributed by atoms with Gasteiger partial charge in [0.2, 0.25) is 0 Å². The molecule has 0 amide bonds. The number of unbranched alkanes of at least 4 members (excludes halogenated alkanes) is 1. The van der Waals surface area contributed by atoms with Crippen LogP contribution in [0.2, 0.25) is 0 Å². The standard InChI is InChI=1S/C16H23N3/c1-3-5-11-19-12-15(17)16(18-19)14-9-7-13(6-4-2)8-10-14/h7-10,12H,3-6,11,17H2,1-2H3. The molecule has 1 aromatic heterocycles. The Bertz CT molecular complexity index is 511. The lowest BCUT2D eigenvalue weighted by atomic mass is 10.1. The quantitative estimate of drug-likeness (QED) is 0.853. The van der Waals surface area contributed by atoms with E-state index in [4.69, 9.17) is 5.73 Å². The Morgan fingerprint density at radius 2 is 1.84 bits per heavy atom. The highest BCUT2D eigenvalue weighted by atomic mass is 15.3. The van der Waals surface area contributed by atoms with Gasteiger partial charge in [-0.25, -0.2) is 0 Å². The van der Waals surface area contributed by atoms with Crippen LogP contribution < -0.4 is 5.73 Å². The van der Waals surface area contributed by atoms with E-state index in [0.717, 1.165) is 36.3 Å². The molecule has 2 N–H and O–H groups in total. The van der Waals surface area contributed by atoms with Crippen molar-refractivity contribution >= 4 is 5.69 Å². The normalized spacial score (nSPS) is 10.8. The highest BCUT2D eigenvalue weighted by molar-refractivity contribution is 5.72. The molecule has 0 unspecified atom stereocenters. The van der Waals surface area contributed by atoms with Gasteiger partial charge in [-0.3, -0.25) is 4.68 Å². The third kappa shape index (κ3) is 3.37. The second-order valence-corrected chi connectivity index (χ2v) is 5.00. The maximum Gasteiger partial charge on any atom is 0.115 e. The lowest BCUT2D eigenvalue weighted by molar-refractivity contribution is 0.573. The summed E-state index contributed by atoms with van der Waals surface area (Å²) in [5.74, 6) is 0. The molecule has 0 aliphatic carbocycles. The molecule has 0 radical (unpaired) electrons. The number of aryl methyl sites for hydroxylation is 2. The van der Waals surface area contributed by atoms with Crippen molar-refractivity contribution in [3.05, 3.63) is 36.0 Å². The number of anilines is 1. The molecule has 0 bridgehead atoms. The minimum Gasteiger partial charge on any atom is -0.396 e. The number of hydrogen-bond donors (Lipinski definition) is 1.